The molecule has 0 radical (unpaired) electrons. The van der Waals surface area contributed by atoms with Gasteiger partial charge in [0.2, 0.25) is 12.4 Å². The highest BCUT2D eigenvalue weighted by molar-refractivity contribution is 5.65. The zero-order valence-electron chi connectivity index (χ0n) is 15.0. The molecule has 1 aromatic heterocycles. The maximum absolute atomic E-state index is 11.0. The van der Waals surface area contributed by atoms with E-state index in [4.69, 9.17) is 9.97 Å². The van der Waals surface area contributed by atoms with Crippen LogP contribution in [-0.2, 0) is 4.79 Å². The molecule has 0 unspecified atom stereocenters. The highest BCUT2D eigenvalue weighted by atomic mass is 16.1. The van der Waals surface area contributed by atoms with Gasteiger partial charge < -0.3 is 15.1 Å². The number of piperazine rings is 1. The number of carbonyl (C=O) groups is 1. The molecule has 1 aromatic carbocycles. The van der Waals surface area contributed by atoms with Gasteiger partial charge in [0, 0.05) is 43.9 Å². The van der Waals surface area contributed by atoms with E-state index < -0.39 is 0 Å². The molecular weight excluding hydrogens is 326 g/mol. The molecule has 1 saturated carbocycles. The summed E-state index contributed by atoms with van der Waals surface area (Å²) in [6.07, 6.45) is 5.85. The highest BCUT2D eigenvalue weighted by Crippen LogP contribution is 2.26. The summed E-state index contributed by atoms with van der Waals surface area (Å²) in [7, 11) is 0. The maximum atomic E-state index is 11.0. The summed E-state index contributed by atoms with van der Waals surface area (Å²) in [6.45, 7) is 3.07. The number of hydrogen-bond acceptors (Lipinski definition) is 5. The summed E-state index contributed by atoms with van der Waals surface area (Å²) in [5.41, 5.74) is 2.03. The van der Waals surface area contributed by atoms with Crippen LogP contribution < -0.4 is 10.2 Å². The molecule has 1 aliphatic carbocycles. The number of benzene rings is 1. The number of carbonyl (C=O) groups excluding carboxylic acids is 1. The van der Waals surface area contributed by atoms with Crippen molar-refractivity contribution in [3.8, 4) is 11.3 Å². The maximum Gasteiger partial charge on any atom is 0.225 e. The van der Waals surface area contributed by atoms with E-state index >= 15 is 0 Å². The minimum absolute atomic E-state index is 0.473. The van der Waals surface area contributed by atoms with Gasteiger partial charge in [0.1, 0.15) is 5.82 Å². The average Bonchev–Trinajstić information content (AvgIpc) is 3.21. The molecule has 1 aliphatic heterocycles. The van der Waals surface area contributed by atoms with Crippen LogP contribution in [0, 0.1) is 0 Å². The Bertz CT molecular complexity index is 737. The Morgan fingerprint density at radius 3 is 2.42 bits per heavy atom. The first kappa shape index (κ1) is 16.8. The normalized spacial score (nSPS) is 18.2. The summed E-state index contributed by atoms with van der Waals surface area (Å²) >= 11 is 0. The van der Waals surface area contributed by atoms with Crippen molar-refractivity contribution < 1.29 is 4.79 Å². The van der Waals surface area contributed by atoms with E-state index in [1.807, 2.05) is 23.1 Å². The van der Waals surface area contributed by atoms with Gasteiger partial charge in [0.15, 0.2) is 0 Å². The van der Waals surface area contributed by atoms with Crippen LogP contribution in [-0.4, -0.2) is 53.5 Å². The fraction of sp³-hybridized carbons (Fsp3) is 0.450. The van der Waals surface area contributed by atoms with Gasteiger partial charge >= 0.3 is 0 Å². The lowest BCUT2D eigenvalue weighted by Crippen LogP contribution is -2.46. The molecule has 1 amide bonds. The van der Waals surface area contributed by atoms with Crippen LogP contribution in [0.15, 0.2) is 36.4 Å². The van der Waals surface area contributed by atoms with E-state index in [1.54, 1.807) is 0 Å². The molecular formula is C20H25N5O. The van der Waals surface area contributed by atoms with Crippen molar-refractivity contribution in [2.75, 3.05) is 36.4 Å². The Labute approximate surface area is 154 Å². The number of nitrogens with zero attached hydrogens (tertiary/aromatic N) is 4. The standard InChI is InChI=1S/C20H25N5O/c26-15-24-10-12-25(13-11-24)19-14-18(16-6-2-1-3-7-16)22-20(23-19)21-17-8-4-5-9-17/h1-3,6-7,14-15,17H,4-5,8-13H2,(H,21,22,23). The topological polar surface area (TPSA) is 61.4 Å². The van der Waals surface area contributed by atoms with E-state index in [1.165, 1.54) is 25.7 Å². The summed E-state index contributed by atoms with van der Waals surface area (Å²) in [6, 6.07) is 12.8. The van der Waals surface area contributed by atoms with Crippen molar-refractivity contribution in [2.45, 2.75) is 31.7 Å². The van der Waals surface area contributed by atoms with Gasteiger partial charge in [-0.1, -0.05) is 43.2 Å². The van der Waals surface area contributed by atoms with Crippen LogP contribution in [0.1, 0.15) is 25.7 Å². The lowest BCUT2D eigenvalue weighted by Gasteiger charge is -2.33. The van der Waals surface area contributed by atoms with Crippen molar-refractivity contribution >= 4 is 18.2 Å². The van der Waals surface area contributed by atoms with Crippen LogP contribution in [0.3, 0.4) is 0 Å². The summed E-state index contributed by atoms with van der Waals surface area (Å²) in [5.74, 6) is 1.65. The number of aromatic nitrogens is 2. The molecule has 6 heteroatoms. The minimum atomic E-state index is 0.473. The lowest BCUT2D eigenvalue weighted by molar-refractivity contribution is -0.118. The monoisotopic (exact) mass is 351 g/mol. The Balaban J connectivity index is 1.62. The van der Waals surface area contributed by atoms with Crippen molar-refractivity contribution in [3.05, 3.63) is 36.4 Å². The number of nitrogens with one attached hydrogen (secondary N) is 1. The van der Waals surface area contributed by atoms with Crippen LogP contribution in [0.25, 0.3) is 11.3 Å². The molecule has 4 rings (SSSR count). The second kappa shape index (κ2) is 7.72. The van der Waals surface area contributed by atoms with Crippen LogP contribution in [0.4, 0.5) is 11.8 Å². The van der Waals surface area contributed by atoms with Gasteiger partial charge in [0.05, 0.1) is 5.69 Å². The van der Waals surface area contributed by atoms with Gasteiger partial charge in [-0.3, -0.25) is 4.79 Å². The Hall–Kier alpha value is -2.63. The van der Waals surface area contributed by atoms with E-state index in [0.29, 0.717) is 12.0 Å². The lowest BCUT2D eigenvalue weighted by atomic mass is 10.1. The number of anilines is 2. The van der Waals surface area contributed by atoms with Gasteiger partial charge in [0.25, 0.3) is 0 Å². The first-order valence-electron chi connectivity index (χ1n) is 9.47. The SMILES string of the molecule is O=CN1CCN(c2cc(-c3ccccc3)nc(NC3CCCC3)n2)CC1. The van der Waals surface area contributed by atoms with Crippen molar-refractivity contribution in [2.24, 2.45) is 0 Å². The minimum Gasteiger partial charge on any atom is -0.353 e. The molecule has 6 nitrogen and oxygen atoms in total. The zero-order chi connectivity index (χ0) is 17.8. The van der Waals surface area contributed by atoms with E-state index in [2.05, 4.69) is 28.4 Å². The third-order valence-electron chi connectivity index (χ3n) is 5.26. The zero-order valence-corrected chi connectivity index (χ0v) is 15.0. The average molecular weight is 351 g/mol. The molecule has 26 heavy (non-hydrogen) atoms. The molecule has 0 spiro atoms. The third-order valence-corrected chi connectivity index (χ3v) is 5.26. The number of hydrogen-bond donors (Lipinski definition) is 1. The van der Waals surface area contributed by atoms with E-state index in [0.717, 1.165) is 49.7 Å². The quantitative estimate of drug-likeness (QED) is 0.840. The molecule has 136 valence electrons. The van der Waals surface area contributed by atoms with Crippen molar-refractivity contribution in [1.82, 2.24) is 14.9 Å². The smallest absolute Gasteiger partial charge is 0.225 e. The molecule has 2 aromatic rings. The second-order valence-corrected chi connectivity index (χ2v) is 7.06. The first-order chi connectivity index (χ1) is 12.8. The molecule has 2 heterocycles. The van der Waals surface area contributed by atoms with Gasteiger partial charge in [-0.05, 0) is 12.8 Å². The van der Waals surface area contributed by atoms with Crippen molar-refractivity contribution in [3.63, 3.8) is 0 Å². The van der Waals surface area contributed by atoms with E-state index in [9.17, 15) is 4.79 Å². The third kappa shape index (κ3) is 3.79. The fourth-order valence-corrected chi connectivity index (χ4v) is 3.73. The Morgan fingerprint density at radius 2 is 1.73 bits per heavy atom. The predicted molar refractivity (Wildman–Crippen MR) is 103 cm³/mol. The molecule has 0 bridgehead atoms. The molecule has 1 N–H and O–H groups in total. The predicted octanol–water partition coefficient (Wildman–Crippen LogP) is 2.78. The van der Waals surface area contributed by atoms with Gasteiger partial charge in [-0.25, -0.2) is 4.98 Å². The highest BCUT2D eigenvalue weighted by Gasteiger charge is 2.20. The van der Waals surface area contributed by atoms with E-state index in [-0.39, 0.29) is 0 Å². The molecule has 1 saturated heterocycles. The number of rotatable bonds is 5. The Morgan fingerprint density at radius 1 is 1.00 bits per heavy atom. The van der Waals surface area contributed by atoms with Gasteiger partial charge in [-0.15, -0.1) is 0 Å². The fourth-order valence-electron chi connectivity index (χ4n) is 3.73. The van der Waals surface area contributed by atoms with Crippen LogP contribution in [0.2, 0.25) is 0 Å². The summed E-state index contributed by atoms with van der Waals surface area (Å²) in [4.78, 5) is 24.6. The van der Waals surface area contributed by atoms with Crippen LogP contribution in [0.5, 0.6) is 0 Å². The molecule has 0 atom stereocenters. The number of amides is 1. The molecule has 2 aliphatic rings. The van der Waals surface area contributed by atoms with Gasteiger partial charge in [-0.2, -0.15) is 4.98 Å². The largest absolute Gasteiger partial charge is 0.353 e. The Kier molecular flexibility index (Phi) is 5.00. The summed E-state index contributed by atoms with van der Waals surface area (Å²) in [5, 5.41) is 3.53. The van der Waals surface area contributed by atoms with Crippen LogP contribution >= 0.6 is 0 Å². The summed E-state index contributed by atoms with van der Waals surface area (Å²) < 4.78 is 0. The first-order valence-corrected chi connectivity index (χ1v) is 9.47. The van der Waals surface area contributed by atoms with Crippen molar-refractivity contribution in [1.29, 1.82) is 0 Å². The second-order valence-electron chi connectivity index (χ2n) is 7.06. The molecule has 2 fully saturated rings.